The molecule has 4 rings (SSSR count). The predicted octanol–water partition coefficient (Wildman–Crippen LogP) is 3.69. The van der Waals surface area contributed by atoms with E-state index in [1.807, 2.05) is 6.07 Å². The fraction of sp³-hybridized carbons (Fsp3) is 0.136. The van der Waals surface area contributed by atoms with Gasteiger partial charge in [-0.05, 0) is 42.5 Å². The molecule has 8 nitrogen and oxygen atoms in total. The fourth-order valence-electron chi connectivity index (χ4n) is 3.11. The van der Waals surface area contributed by atoms with Gasteiger partial charge in [-0.25, -0.2) is 13.1 Å². The average molecular weight is 440 g/mol. The summed E-state index contributed by atoms with van der Waals surface area (Å²) >= 11 is 0. The summed E-state index contributed by atoms with van der Waals surface area (Å²) in [6.07, 6.45) is 3.08. The number of carbonyl (C=O) groups excluding carboxylic acids is 1. The number of anilines is 1. The molecule has 0 saturated heterocycles. The minimum atomic E-state index is -3.77. The minimum absolute atomic E-state index is 0.0320. The maximum atomic E-state index is 12.5. The largest absolute Gasteiger partial charge is 0.497 e. The molecule has 2 N–H and O–H groups in total. The Morgan fingerprint density at radius 2 is 1.94 bits per heavy atom. The highest BCUT2D eigenvalue weighted by Crippen LogP contribution is 2.26. The molecule has 1 amide bonds. The molecular formula is C22H20N2O6S. The third-order valence-corrected chi connectivity index (χ3v) is 6.06. The molecule has 0 saturated carbocycles. The van der Waals surface area contributed by atoms with Gasteiger partial charge < -0.3 is 18.9 Å². The van der Waals surface area contributed by atoms with Crippen LogP contribution in [0, 0.1) is 0 Å². The zero-order valence-corrected chi connectivity index (χ0v) is 17.4. The zero-order valence-electron chi connectivity index (χ0n) is 16.6. The van der Waals surface area contributed by atoms with Gasteiger partial charge in [0.2, 0.25) is 15.9 Å². The highest BCUT2D eigenvalue weighted by atomic mass is 32.2. The lowest BCUT2D eigenvalue weighted by Crippen LogP contribution is -2.23. The number of fused-ring (bicyclic) bond motifs is 1. The number of nitrogens with one attached hydrogen (secondary N) is 2. The van der Waals surface area contributed by atoms with Gasteiger partial charge in [0, 0.05) is 22.7 Å². The summed E-state index contributed by atoms with van der Waals surface area (Å²) in [4.78, 5) is 12.6. The van der Waals surface area contributed by atoms with Gasteiger partial charge in [-0.3, -0.25) is 4.79 Å². The van der Waals surface area contributed by atoms with Gasteiger partial charge in [-0.2, -0.15) is 0 Å². The molecule has 2 aromatic heterocycles. The van der Waals surface area contributed by atoms with Crippen LogP contribution in [0.1, 0.15) is 11.3 Å². The Bertz CT molecular complexity index is 1310. The second-order valence-corrected chi connectivity index (χ2v) is 8.55. The van der Waals surface area contributed by atoms with Gasteiger partial charge in [0.15, 0.2) is 0 Å². The van der Waals surface area contributed by atoms with Crippen molar-refractivity contribution in [1.29, 1.82) is 0 Å². The van der Waals surface area contributed by atoms with Crippen LogP contribution in [0.25, 0.3) is 11.0 Å². The van der Waals surface area contributed by atoms with Gasteiger partial charge >= 0.3 is 0 Å². The normalized spacial score (nSPS) is 11.5. The van der Waals surface area contributed by atoms with E-state index in [0.29, 0.717) is 22.8 Å². The second-order valence-electron chi connectivity index (χ2n) is 6.78. The van der Waals surface area contributed by atoms with E-state index in [9.17, 15) is 13.2 Å². The van der Waals surface area contributed by atoms with Crippen LogP contribution in [-0.2, 0) is 27.8 Å². The summed E-state index contributed by atoms with van der Waals surface area (Å²) in [5.41, 5.74) is 1.72. The van der Waals surface area contributed by atoms with Crippen molar-refractivity contribution in [2.45, 2.75) is 17.9 Å². The number of hydrogen-bond acceptors (Lipinski definition) is 6. The summed E-state index contributed by atoms with van der Waals surface area (Å²) in [6.45, 7) is 0.0320. The van der Waals surface area contributed by atoms with Crippen LogP contribution in [0.3, 0.4) is 0 Å². The van der Waals surface area contributed by atoms with E-state index in [4.69, 9.17) is 13.6 Å². The number of hydrogen-bond donors (Lipinski definition) is 2. The van der Waals surface area contributed by atoms with E-state index in [2.05, 4.69) is 10.0 Å². The third kappa shape index (κ3) is 4.79. The van der Waals surface area contributed by atoms with Crippen molar-refractivity contribution < 1.29 is 26.8 Å². The van der Waals surface area contributed by atoms with Crippen LogP contribution >= 0.6 is 0 Å². The van der Waals surface area contributed by atoms with Crippen LogP contribution in [0.5, 0.6) is 5.75 Å². The Morgan fingerprint density at radius 1 is 1.06 bits per heavy atom. The van der Waals surface area contributed by atoms with Crippen LogP contribution in [0.15, 0.2) is 80.9 Å². The second kappa shape index (κ2) is 8.66. The lowest BCUT2D eigenvalue weighted by molar-refractivity contribution is -0.115. The third-order valence-electron chi connectivity index (χ3n) is 4.66. The molecule has 0 radical (unpaired) electrons. The first kappa shape index (κ1) is 20.7. The van der Waals surface area contributed by atoms with Crippen molar-refractivity contribution in [1.82, 2.24) is 4.72 Å². The summed E-state index contributed by atoms with van der Waals surface area (Å²) in [7, 11) is -2.20. The maximum Gasteiger partial charge on any atom is 0.241 e. The molecule has 4 aromatic rings. The summed E-state index contributed by atoms with van der Waals surface area (Å²) < 4.78 is 43.3. The van der Waals surface area contributed by atoms with E-state index >= 15 is 0 Å². The van der Waals surface area contributed by atoms with Gasteiger partial charge in [-0.15, -0.1) is 0 Å². The molecule has 9 heteroatoms. The van der Waals surface area contributed by atoms with Gasteiger partial charge in [0.05, 0.1) is 37.5 Å². The first-order valence-corrected chi connectivity index (χ1v) is 10.9. The zero-order chi connectivity index (χ0) is 21.8. The van der Waals surface area contributed by atoms with Crippen LogP contribution < -0.4 is 14.8 Å². The number of benzene rings is 2. The van der Waals surface area contributed by atoms with Crippen molar-refractivity contribution in [3.05, 3.63) is 78.4 Å². The first-order valence-electron chi connectivity index (χ1n) is 9.41. The molecule has 0 atom stereocenters. The molecular weight excluding hydrogens is 420 g/mol. The predicted molar refractivity (Wildman–Crippen MR) is 114 cm³/mol. The van der Waals surface area contributed by atoms with Crippen LogP contribution in [0.2, 0.25) is 0 Å². The Hall–Kier alpha value is -3.56. The van der Waals surface area contributed by atoms with E-state index in [1.165, 1.54) is 24.7 Å². The molecule has 0 aliphatic heterocycles. The average Bonchev–Trinajstić information content (AvgIpc) is 3.42. The Kier molecular flexibility index (Phi) is 5.79. The number of amides is 1. The molecule has 2 aromatic carbocycles. The summed E-state index contributed by atoms with van der Waals surface area (Å²) in [6, 6.07) is 14.8. The molecule has 0 unspecified atom stereocenters. The van der Waals surface area contributed by atoms with E-state index in [1.54, 1.807) is 43.5 Å². The molecule has 0 aliphatic rings. The number of rotatable bonds is 8. The fourth-order valence-corrected chi connectivity index (χ4v) is 4.15. The Labute approximate surface area is 178 Å². The standard InChI is InChI=1S/C22H20N2O6S/c1-28-17-7-8-20-15(14-30-21(20)12-17)10-22(25)24-16-4-2-6-19(11-16)31(26,27)23-13-18-5-3-9-29-18/h2-9,11-12,14,23H,10,13H2,1H3,(H,24,25). The quantitative estimate of drug-likeness (QED) is 0.432. The summed E-state index contributed by atoms with van der Waals surface area (Å²) in [5.74, 6) is 0.867. The van der Waals surface area contributed by atoms with Crippen LogP contribution in [0.4, 0.5) is 5.69 Å². The van der Waals surface area contributed by atoms with Gasteiger partial charge in [0.25, 0.3) is 0 Å². The van der Waals surface area contributed by atoms with E-state index in [-0.39, 0.29) is 23.8 Å². The highest BCUT2D eigenvalue weighted by molar-refractivity contribution is 7.89. The molecule has 0 aliphatic carbocycles. The highest BCUT2D eigenvalue weighted by Gasteiger charge is 2.16. The molecule has 2 heterocycles. The number of carbonyl (C=O) groups is 1. The van der Waals surface area contributed by atoms with Crippen molar-refractivity contribution in [2.75, 3.05) is 12.4 Å². The molecule has 0 spiro atoms. The lowest BCUT2D eigenvalue weighted by Gasteiger charge is -2.09. The van der Waals surface area contributed by atoms with Gasteiger partial charge in [0.1, 0.15) is 17.1 Å². The molecule has 0 bridgehead atoms. The molecule has 0 fully saturated rings. The number of ether oxygens (including phenoxy) is 1. The van der Waals surface area contributed by atoms with E-state index < -0.39 is 10.0 Å². The Balaban J connectivity index is 1.44. The lowest BCUT2D eigenvalue weighted by atomic mass is 10.1. The first-order chi connectivity index (χ1) is 14.9. The number of methoxy groups -OCH3 is 1. The Morgan fingerprint density at radius 3 is 2.71 bits per heavy atom. The van der Waals surface area contributed by atoms with Crippen molar-refractivity contribution >= 4 is 32.6 Å². The van der Waals surface area contributed by atoms with E-state index in [0.717, 1.165) is 10.9 Å². The monoisotopic (exact) mass is 440 g/mol. The minimum Gasteiger partial charge on any atom is -0.497 e. The van der Waals surface area contributed by atoms with Crippen molar-refractivity contribution in [3.63, 3.8) is 0 Å². The van der Waals surface area contributed by atoms with Crippen molar-refractivity contribution in [3.8, 4) is 5.75 Å². The van der Waals surface area contributed by atoms with Gasteiger partial charge in [-0.1, -0.05) is 6.07 Å². The molecule has 160 valence electrons. The van der Waals surface area contributed by atoms with Crippen LogP contribution in [-0.4, -0.2) is 21.4 Å². The number of sulfonamides is 1. The topological polar surface area (TPSA) is 111 Å². The smallest absolute Gasteiger partial charge is 0.241 e. The molecule has 31 heavy (non-hydrogen) atoms. The number of furan rings is 2. The maximum absolute atomic E-state index is 12.5. The van der Waals surface area contributed by atoms with Crippen molar-refractivity contribution in [2.24, 2.45) is 0 Å². The summed E-state index contributed by atoms with van der Waals surface area (Å²) in [5, 5.41) is 3.55. The SMILES string of the molecule is COc1ccc2c(CC(=O)Nc3cccc(S(=O)(=O)NCc4ccco4)c3)coc2c1.